The van der Waals surface area contributed by atoms with E-state index < -0.39 is 11.0 Å². The number of phenolic OH excluding ortho intramolecular Hbond substituents is 2. The Morgan fingerprint density at radius 3 is 2.12 bits per heavy atom. The van der Waals surface area contributed by atoms with Crippen molar-refractivity contribution in [3.63, 3.8) is 0 Å². The van der Waals surface area contributed by atoms with E-state index in [0.717, 1.165) is 5.56 Å². The van der Waals surface area contributed by atoms with Gasteiger partial charge in [0.05, 0.1) is 4.92 Å². The van der Waals surface area contributed by atoms with E-state index in [9.17, 15) is 25.1 Å². The highest BCUT2D eigenvalue weighted by Crippen LogP contribution is 2.31. The van der Waals surface area contributed by atoms with Gasteiger partial charge < -0.3 is 10.2 Å². The standard InChI is InChI=1S/C25H18N4O5/c30-19-9-1-15(2-10-19)13-21-25(32)28-14-22(16-5-11-20(31)12-6-16)26-23(24(28)27-21)17-3-7-18(8-4-17)29(33)34/h1-12,14,21,30-31H,13H2/p+1. The van der Waals surface area contributed by atoms with E-state index in [-0.39, 0.29) is 23.1 Å². The second-order valence-corrected chi connectivity index (χ2v) is 7.95. The number of anilines is 1. The monoisotopic (exact) mass is 455 g/mol. The summed E-state index contributed by atoms with van der Waals surface area (Å²) in [6.07, 6.45) is 2.04. The number of nitrogens with zero attached hydrogens (tertiary/aromatic N) is 3. The molecule has 1 aromatic heterocycles. The number of carbonyl (C=O) groups excluding carboxylic acids is 1. The molecular weight excluding hydrogens is 436 g/mol. The molecule has 9 heteroatoms. The number of benzene rings is 3. The average molecular weight is 455 g/mol. The molecule has 0 saturated heterocycles. The van der Waals surface area contributed by atoms with Crippen LogP contribution in [-0.4, -0.2) is 32.1 Å². The van der Waals surface area contributed by atoms with Gasteiger partial charge >= 0.3 is 11.7 Å². The minimum atomic E-state index is -0.557. The van der Waals surface area contributed by atoms with Crippen LogP contribution in [0.2, 0.25) is 0 Å². The number of fused-ring (bicyclic) bond motifs is 1. The summed E-state index contributed by atoms with van der Waals surface area (Å²) in [5, 5.41) is 33.5. The Labute approximate surface area is 193 Å². The normalized spacial score (nSPS) is 14.5. The molecule has 0 bridgehead atoms. The summed E-state index contributed by atoms with van der Waals surface area (Å²) in [7, 11) is 0. The molecule has 2 heterocycles. The molecule has 1 atom stereocenters. The highest BCUT2D eigenvalue weighted by atomic mass is 16.6. The van der Waals surface area contributed by atoms with Crippen LogP contribution in [0.3, 0.4) is 0 Å². The van der Waals surface area contributed by atoms with E-state index in [0.29, 0.717) is 34.8 Å². The predicted molar refractivity (Wildman–Crippen MR) is 123 cm³/mol. The van der Waals surface area contributed by atoms with Crippen LogP contribution in [0.1, 0.15) is 10.4 Å². The topological polar surface area (TPSA) is 129 Å². The molecule has 1 aliphatic rings. The lowest BCUT2D eigenvalue weighted by Gasteiger charge is -2.07. The molecule has 4 aromatic rings. The lowest BCUT2D eigenvalue weighted by molar-refractivity contribution is -0.551. The van der Waals surface area contributed by atoms with Crippen molar-refractivity contribution in [2.24, 2.45) is 0 Å². The van der Waals surface area contributed by atoms with Crippen LogP contribution in [0.25, 0.3) is 22.5 Å². The molecule has 168 valence electrons. The highest BCUT2D eigenvalue weighted by Gasteiger charge is 2.41. The number of hydrogen-bond donors (Lipinski definition) is 3. The van der Waals surface area contributed by atoms with Gasteiger partial charge in [0.1, 0.15) is 23.4 Å². The zero-order valence-corrected chi connectivity index (χ0v) is 17.8. The zero-order valence-electron chi connectivity index (χ0n) is 17.8. The quantitative estimate of drug-likeness (QED) is 0.238. The molecule has 0 fully saturated rings. The summed E-state index contributed by atoms with van der Waals surface area (Å²) in [6.45, 7) is 0. The van der Waals surface area contributed by atoms with Gasteiger partial charge in [-0.25, -0.2) is 9.78 Å². The smallest absolute Gasteiger partial charge is 0.359 e. The Hall–Kier alpha value is -4.79. The van der Waals surface area contributed by atoms with E-state index in [1.807, 2.05) is 0 Å². The predicted octanol–water partition coefficient (Wildman–Crippen LogP) is 3.70. The fraction of sp³-hybridized carbons (Fsp3) is 0.0800. The van der Waals surface area contributed by atoms with Gasteiger partial charge in [-0.15, -0.1) is 0 Å². The zero-order chi connectivity index (χ0) is 23.8. The van der Waals surface area contributed by atoms with E-state index >= 15 is 0 Å². The van der Waals surface area contributed by atoms with E-state index in [1.54, 1.807) is 54.7 Å². The van der Waals surface area contributed by atoms with Crippen LogP contribution in [0.15, 0.2) is 79.0 Å². The lowest BCUT2D eigenvalue weighted by Crippen LogP contribution is -2.43. The Morgan fingerprint density at radius 1 is 0.912 bits per heavy atom. The van der Waals surface area contributed by atoms with Gasteiger partial charge in [-0.2, -0.15) is 4.57 Å². The molecule has 3 N–H and O–H groups in total. The summed E-state index contributed by atoms with van der Waals surface area (Å²) >= 11 is 0. The number of aromatic nitrogens is 2. The molecule has 0 saturated carbocycles. The number of non-ortho nitro benzene ring substituents is 1. The molecule has 0 spiro atoms. The highest BCUT2D eigenvalue weighted by molar-refractivity contribution is 5.87. The van der Waals surface area contributed by atoms with Crippen molar-refractivity contribution in [3.05, 3.63) is 94.7 Å². The molecule has 1 aliphatic heterocycles. The van der Waals surface area contributed by atoms with Crippen molar-refractivity contribution in [3.8, 4) is 34.0 Å². The SMILES string of the molecule is O=C1C(Cc2ccc(O)cc2)Nc2c(-c3ccc([N+](=O)[O-])cc3)nc(-c3ccc(O)cc3)c[n+]21. The van der Waals surface area contributed by atoms with Crippen LogP contribution < -0.4 is 9.88 Å². The van der Waals surface area contributed by atoms with Crippen LogP contribution in [0.5, 0.6) is 11.5 Å². The molecule has 34 heavy (non-hydrogen) atoms. The van der Waals surface area contributed by atoms with Crippen molar-refractivity contribution >= 4 is 17.4 Å². The third kappa shape index (κ3) is 3.90. The van der Waals surface area contributed by atoms with E-state index in [4.69, 9.17) is 4.98 Å². The number of nitrogens with one attached hydrogen (secondary N) is 1. The Morgan fingerprint density at radius 2 is 1.50 bits per heavy atom. The molecule has 1 unspecified atom stereocenters. The van der Waals surface area contributed by atoms with Gasteiger partial charge in [-0.05, 0) is 54.1 Å². The van der Waals surface area contributed by atoms with Gasteiger partial charge in [0.15, 0.2) is 11.7 Å². The number of phenols is 2. The van der Waals surface area contributed by atoms with E-state index in [2.05, 4.69) is 5.32 Å². The van der Waals surface area contributed by atoms with E-state index in [1.165, 1.54) is 28.8 Å². The molecular formula is C25H19N4O5+. The number of carbonyl (C=O) groups is 1. The first-order valence-corrected chi connectivity index (χ1v) is 10.5. The van der Waals surface area contributed by atoms with Crippen molar-refractivity contribution in [2.45, 2.75) is 12.5 Å². The van der Waals surface area contributed by atoms with Gasteiger partial charge in [-0.3, -0.25) is 15.4 Å². The number of nitro groups is 1. The fourth-order valence-electron chi connectivity index (χ4n) is 3.93. The summed E-state index contributed by atoms with van der Waals surface area (Å²) < 4.78 is 1.51. The molecule has 0 amide bonds. The summed E-state index contributed by atoms with van der Waals surface area (Å²) in [5.74, 6) is 0.578. The summed E-state index contributed by atoms with van der Waals surface area (Å²) in [6, 6.07) is 18.6. The summed E-state index contributed by atoms with van der Waals surface area (Å²) in [5.41, 5.74) is 3.13. The second kappa shape index (κ2) is 8.28. The molecule has 0 radical (unpaired) electrons. The van der Waals surface area contributed by atoms with Gasteiger partial charge in [0.2, 0.25) is 0 Å². The van der Waals surface area contributed by atoms with Crippen LogP contribution in [-0.2, 0) is 6.42 Å². The maximum atomic E-state index is 13.3. The van der Waals surface area contributed by atoms with Gasteiger partial charge in [0.25, 0.3) is 5.69 Å². The second-order valence-electron chi connectivity index (χ2n) is 7.95. The van der Waals surface area contributed by atoms with Gasteiger partial charge in [0, 0.05) is 29.7 Å². The number of rotatable bonds is 5. The maximum absolute atomic E-state index is 13.3. The molecule has 3 aromatic carbocycles. The largest absolute Gasteiger partial charge is 0.508 e. The summed E-state index contributed by atoms with van der Waals surface area (Å²) in [4.78, 5) is 28.7. The Balaban J connectivity index is 1.59. The Bertz CT molecular complexity index is 1400. The third-order valence-electron chi connectivity index (χ3n) is 5.69. The van der Waals surface area contributed by atoms with Crippen molar-refractivity contribution < 1.29 is 24.5 Å². The van der Waals surface area contributed by atoms with Crippen molar-refractivity contribution in [1.82, 2.24) is 4.98 Å². The first-order valence-electron chi connectivity index (χ1n) is 10.5. The number of nitro benzene ring substituents is 1. The fourth-order valence-corrected chi connectivity index (χ4v) is 3.93. The van der Waals surface area contributed by atoms with Crippen LogP contribution in [0, 0.1) is 10.1 Å². The molecule has 9 nitrogen and oxygen atoms in total. The van der Waals surface area contributed by atoms with Crippen LogP contribution >= 0.6 is 0 Å². The average Bonchev–Trinajstić information content (AvgIpc) is 3.15. The molecule has 5 rings (SSSR count). The van der Waals surface area contributed by atoms with Crippen LogP contribution in [0.4, 0.5) is 11.5 Å². The van der Waals surface area contributed by atoms with Crippen molar-refractivity contribution in [2.75, 3.05) is 5.32 Å². The van der Waals surface area contributed by atoms with Gasteiger partial charge in [-0.1, -0.05) is 12.1 Å². The van der Waals surface area contributed by atoms with Crippen molar-refractivity contribution in [1.29, 1.82) is 0 Å². The molecule has 0 aliphatic carbocycles. The lowest BCUT2D eigenvalue weighted by atomic mass is 10.1. The first-order chi connectivity index (χ1) is 16.4. The number of aromatic hydroxyl groups is 2. The minimum absolute atomic E-state index is 0.0445. The first kappa shape index (κ1) is 21.1. The Kier molecular flexibility index (Phi) is 5.14. The maximum Gasteiger partial charge on any atom is 0.359 e. The number of hydrogen-bond acceptors (Lipinski definition) is 7. The minimum Gasteiger partial charge on any atom is -0.508 e. The third-order valence-corrected chi connectivity index (χ3v) is 5.69.